The lowest BCUT2D eigenvalue weighted by atomic mass is 9.85. The molecule has 1 aliphatic heterocycles. The summed E-state index contributed by atoms with van der Waals surface area (Å²) in [5.41, 5.74) is 1.35. The summed E-state index contributed by atoms with van der Waals surface area (Å²) in [5, 5.41) is 5.24. The first-order valence-corrected chi connectivity index (χ1v) is 11.1. The van der Waals surface area contributed by atoms with E-state index in [0.29, 0.717) is 23.5 Å². The van der Waals surface area contributed by atoms with Crippen molar-refractivity contribution in [1.29, 1.82) is 0 Å². The molecule has 8 heteroatoms. The maximum absolute atomic E-state index is 12.8. The molecule has 0 spiro atoms. The number of benzene rings is 1. The third-order valence-corrected chi connectivity index (χ3v) is 6.21. The molecule has 1 saturated carbocycles. The number of carbonyl (C=O) groups excluding carboxylic acids is 3. The fourth-order valence-electron chi connectivity index (χ4n) is 4.93. The van der Waals surface area contributed by atoms with Crippen molar-refractivity contribution in [1.82, 2.24) is 5.01 Å². The predicted molar refractivity (Wildman–Crippen MR) is 121 cm³/mol. The standard InChI is InChI=1S/C25H28N2O6/c1-5-6-18-9-15(10-19(31-4)23(18)32-13-20(28)33-14(2)3)12-26-27-24(29)21-16-7-8-17(11-16)22(21)25(27)30/h5,7-10,12,14,16-17,21-22H,1,6,11,13H2,2-4H3. The minimum Gasteiger partial charge on any atom is -0.493 e. The number of fused-ring (bicyclic) bond motifs is 5. The first-order valence-electron chi connectivity index (χ1n) is 11.1. The van der Waals surface area contributed by atoms with Crippen LogP contribution in [0.1, 0.15) is 31.4 Å². The quantitative estimate of drug-likeness (QED) is 0.248. The number of carbonyl (C=O) groups is 3. The van der Waals surface area contributed by atoms with Gasteiger partial charge in [0.2, 0.25) is 0 Å². The smallest absolute Gasteiger partial charge is 0.344 e. The van der Waals surface area contributed by atoms with E-state index in [0.717, 1.165) is 17.0 Å². The molecular formula is C25H28N2O6. The fraction of sp³-hybridized carbons (Fsp3) is 0.440. The van der Waals surface area contributed by atoms with E-state index in [4.69, 9.17) is 14.2 Å². The summed E-state index contributed by atoms with van der Waals surface area (Å²) in [7, 11) is 1.49. The number of allylic oxidation sites excluding steroid dienone is 3. The Labute approximate surface area is 192 Å². The topological polar surface area (TPSA) is 94.5 Å². The highest BCUT2D eigenvalue weighted by molar-refractivity contribution is 6.06. The van der Waals surface area contributed by atoms with Crippen LogP contribution in [0.15, 0.2) is 42.0 Å². The third kappa shape index (κ3) is 4.29. The van der Waals surface area contributed by atoms with E-state index < -0.39 is 5.97 Å². The monoisotopic (exact) mass is 452 g/mol. The summed E-state index contributed by atoms with van der Waals surface area (Å²) in [5.74, 6) is -0.479. The van der Waals surface area contributed by atoms with Crippen LogP contribution in [0.5, 0.6) is 11.5 Å². The third-order valence-electron chi connectivity index (χ3n) is 6.21. The van der Waals surface area contributed by atoms with E-state index in [1.54, 1.807) is 32.1 Å². The number of esters is 1. The zero-order valence-corrected chi connectivity index (χ0v) is 19.0. The van der Waals surface area contributed by atoms with Crippen LogP contribution in [0.25, 0.3) is 0 Å². The predicted octanol–water partition coefficient (Wildman–Crippen LogP) is 2.90. The Morgan fingerprint density at radius 2 is 1.88 bits per heavy atom. The van der Waals surface area contributed by atoms with Gasteiger partial charge in [-0.15, -0.1) is 6.58 Å². The number of hydrogen-bond donors (Lipinski definition) is 0. The average molecular weight is 453 g/mol. The van der Waals surface area contributed by atoms with Crippen molar-refractivity contribution in [3.8, 4) is 11.5 Å². The molecule has 2 bridgehead atoms. The first kappa shape index (κ1) is 22.8. The van der Waals surface area contributed by atoms with Crippen LogP contribution in [-0.4, -0.2) is 48.8 Å². The zero-order valence-electron chi connectivity index (χ0n) is 19.0. The SMILES string of the molecule is C=CCc1cc(C=NN2C(=O)C3C4C=CC(C4)C3C2=O)cc(OC)c1OCC(=O)OC(C)C. The second kappa shape index (κ2) is 9.21. The Bertz CT molecular complexity index is 1010. The van der Waals surface area contributed by atoms with E-state index in [1.165, 1.54) is 13.3 Å². The number of hydrogen-bond acceptors (Lipinski definition) is 7. The molecule has 0 N–H and O–H groups in total. The molecule has 1 aromatic carbocycles. The van der Waals surface area contributed by atoms with Crippen molar-refractivity contribution in [3.05, 3.63) is 48.1 Å². The highest BCUT2D eigenvalue weighted by Crippen LogP contribution is 2.52. The zero-order chi connectivity index (χ0) is 23.7. The van der Waals surface area contributed by atoms with E-state index in [1.807, 2.05) is 12.2 Å². The van der Waals surface area contributed by atoms with Crippen molar-refractivity contribution in [2.45, 2.75) is 32.8 Å². The van der Waals surface area contributed by atoms with E-state index in [9.17, 15) is 14.4 Å². The summed E-state index contributed by atoms with van der Waals surface area (Å²) < 4.78 is 16.3. The second-order valence-electron chi connectivity index (χ2n) is 8.76. The van der Waals surface area contributed by atoms with Crippen molar-refractivity contribution in [3.63, 3.8) is 0 Å². The second-order valence-corrected chi connectivity index (χ2v) is 8.76. The molecule has 1 heterocycles. The first-order chi connectivity index (χ1) is 15.8. The van der Waals surface area contributed by atoms with Crippen molar-refractivity contribution < 1.29 is 28.6 Å². The molecule has 2 amide bonds. The average Bonchev–Trinajstić information content (AvgIpc) is 3.45. The van der Waals surface area contributed by atoms with Gasteiger partial charge < -0.3 is 14.2 Å². The van der Waals surface area contributed by atoms with Gasteiger partial charge in [-0.25, -0.2) is 4.79 Å². The summed E-state index contributed by atoms with van der Waals surface area (Å²) >= 11 is 0. The van der Waals surface area contributed by atoms with Gasteiger partial charge in [0.05, 0.1) is 31.3 Å². The van der Waals surface area contributed by atoms with Crippen molar-refractivity contribution >= 4 is 24.0 Å². The summed E-state index contributed by atoms with van der Waals surface area (Å²) in [6, 6.07) is 3.48. The van der Waals surface area contributed by atoms with Gasteiger partial charge in [0.15, 0.2) is 18.1 Å². The highest BCUT2D eigenvalue weighted by atomic mass is 16.6. The van der Waals surface area contributed by atoms with Crippen LogP contribution in [0.4, 0.5) is 0 Å². The molecule has 2 fully saturated rings. The van der Waals surface area contributed by atoms with Crippen LogP contribution < -0.4 is 9.47 Å². The van der Waals surface area contributed by atoms with Gasteiger partial charge >= 0.3 is 5.97 Å². The molecule has 4 unspecified atom stereocenters. The molecule has 0 radical (unpaired) electrons. The highest BCUT2D eigenvalue weighted by Gasteiger charge is 2.59. The number of nitrogens with zero attached hydrogens (tertiary/aromatic N) is 2. The van der Waals surface area contributed by atoms with E-state index in [2.05, 4.69) is 11.7 Å². The van der Waals surface area contributed by atoms with Gasteiger partial charge in [-0.1, -0.05) is 18.2 Å². The lowest BCUT2D eigenvalue weighted by Gasteiger charge is -2.16. The lowest BCUT2D eigenvalue weighted by Crippen LogP contribution is -2.28. The molecule has 2 aliphatic carbocycles. The number of methoxy groups -OCH3 is 1. The van der Waals surface area contributed by atoms with Gasteiger partial charge in [0, 0.05) is 5.56 Å². The van der Waals surface area contributed by atoms with Crippen molar-refractivity contribution in [2.24, 2.45) is 28.8 Å². The molecule has 0 aromatic heterocycles. The molecule has 4 atom stereocenters. The van der Waals surface area contributed by atoms with Crippen LogP contribution >= 0.6 is 0 Å². The lowest BCUT2D eigenvalue weighted by molar-refractivity contribution is -0.149. The minimum atomic E-state index is -0.484. The van der Waals surface area contributed by atoms with Gasteiger partial charge in [-0.05, 0) is 56.2 Å². The molecule has 3 aliphatic rings. The Morgan fingerprint density at radius 1 is 1.21 bits per heavy atom. The molecular weight excluding hydrogens is 424 g/mol. The number of hydrazone groups is 1. The number of imide groups is 1. The summed E-state index contributed by atoms with van der Waals surface area (Å²) in [6.07, 6.45) is 8.35. The van der Waals surface area contributed by atoms with Gasteiger partial charge in [-0.2, -0.15) is 10.1 Å². The Balaban J connectivity index is 1.54. The maximum Gasteiger partial charge on any atom is 0.344 e. The van der Waals surface area contributed by atoms with Crippen LogP contribution in [0, 0.1) is 23.7 Å². The molecule has 1 aromatic rings. The minimum absolute atomic E-state index is 0.134. The number of amides is 2. The van der Waals surface area contributed by atoms with E-state index >= 15 is 0 Å². The molecule has 33 heavy (non-hydrogen) atoms. The molecule has 174 valence electrons. The molecule has 8 nitrogen and oxygen atoms in total. The Morgan fingerprint density at radius 3 is 2.45 bits per heavy atom. The fourth-order valence-corrected chi connectivity index (χ4v) is 4.93. The van der Waals surface area contributed by atoms with E-state index in [-0.39, 0.29) is 48.2 Å². The normalized spacial score (nSPS) is 25.3. The molecule has 1 saturated heterocycles. The largest absolute Gasteiger partial charge is 0.493 e. The maximum atomic E-state index is 12.8. The number of ether oxygens (including phenoxy) is 3. The molecule has 4 rings (SSSR count). The van der Waals surface area contributed by atoms with Gasteiger partial charge in [-0.3, -0.25) is 9.59 Å². The van der Waals surface area contributed by atoms with Crippen LogP contribution in [0.2, 0.25) is 0 Å². The Hall–Kier alpha value is -3.42. The van der Waals surface area contributed by atoms with Crippen molar-refractivity contribution in [2.75, 3.05) is 13.7 Å². The van der Waals surface area contributed by atoms with Crippen LogP contribution in [0.3, 0.4) is 0 Å². The van der Waals surface area contributed by atoms with Gasteiger partial charge in [0.1, 0.15) is 0 Å². The summed E-state index contributed by atoms with van der Waals surface area (Å²) in [6.45, 7) is 7.04. The number of rotatable bonds is 9. The van der Waals surface area contributed by atoms with Crippen LogP contribution in [-0.2, 0) is 25.5 Å². The van der Waals surface area contributed by atoms with Gasteiger partial charge in [0.25, 0.3) is 11.8 Å². The summed E-state index contributed by atoms with van der Waals surface area (Å²) in [4.78, 5) is 37.6. The Kier molecular flexibility index (Phi) is 6.35.